The second-order valence-corrected chi connectivity index (χ2v) is 6.70. The first-order valence-electron chi connectivity index (χ1n) is 9.31. The number of alkyl halides is 3. The summed E-state index contributed by atoms with van der Waals surface area (Å²) in [6.45, 7) is 6.12. The average Bonchev–Trinajstić information content (AvgIpc) is 3.06. The van der Waals surface area contributed by atoms with Crippen LogP contribution in [-0.4, -0.2) is 56.3 Å². The second-order valence-electron chi connectivity index (χ2n) is 6.70. The van der Waals surface area contributed by atoms with Gasteiger partial charge in [-0.15, -0.1) is 24.0 Å². The minimum absolute atomic E-state index is 0. The van der Waals surface area contributed by atoms with E-state index in [2.05, 4.69) is 44.8 Å². The number of nitrogens with one attached hydrogen (secondary N) is 2. The molecule has 0 radical (unpaired) electrons. The molecular formula is C19H30F3IN4. The van der Waals surface area contributed by atoms with Gasteiger partial charge in [-0.3, -0.25) is 4.99 Å². The third-order valence-corrected chi connectivity index (χ3v) is 4.48. The van der Waals surface area contributed by atoms with Crippen molar-refractivity contribution >= 4 is 29.9 Å². The molecule has 27 heavy (non-hydrogen) atoms. The minimum Gasteiger partial charge on any atom is -0.357 e. The average molecular weight is 498 g/mol. The third-order valence-electron chi connectivity index (χ3n) is 4.48. The third kappa shape index (κ3) is 10.2. The second kappa shape index (κ2) is 12.4. The van der Waals surface area contributed by atoms with E-state index in [-0.39, 0.29) is 30.5 Å². The predicted molar refractivity (Wildman–Crippen MR) is 115 cm³/mol. The Morgan fingerprint density at radius 3 is 2.63 bits per heavy atom. The van der Waals surface area contributed by atoms with E-state index < -0.39 is 12.6 Å². The summed E-state index contributed by atoms with van der Waals surface area (Å²) < 4.78 is 36.8. The molecule has 154 valence electrons. The molecule has 1 unspecified atom stereocenters. The van der Waals surface area contributed by atoms with Crippen LogP contribution in [0.3, 0.4) is 0 Å². The lowest BCUT2D eigenvalue weighted by Crippen LogP contribution is -2.39. The smallest absolute Gasteiger partial charge is 0.357 e. The van der Waals surface area contributed by atoms with Gasteiger partial charge in [0.2, 0.25) is 0 Å². The molecule has 4 nitrogen and oxygen atoms in total. The molecule has 0 aromatic heterocycles. The molecule has 1 aromatic carbocycles. The fourth-order valence-electron chi connectivity index (χ4n) is 3.08. The molecule has 1 saturated heterocycles. The van der Waals surface area contributed by atoms with Crippen molar-refractivity contribution in [2.24, 2.45) is 10.9 Å². The molecule has 2 N–H and O–H groups in total. The normalized spacial score (nSPS) is 18.2. The van der Waals surface area contributed by atoms with Crippen LogP contribution in [0.2, 0.25) is 0 Å². The Balaban J connectivity index is 0.00000364. The van der Waals surface area contributed by atoms with Gasteiger partial charge >= 0.3 is 6.18 Å². The monoisotopic (exact) mass is 498 g/mol. The molecule has 0 bridgehead atoms. The maximum Gasteiger partial charge on any atom is 0.390 e. The maximum absolute atomic E-state index is 12.3. The minimum atomic E-state index is -4.14. The summed E-state index contributed by atoms with van der Waals surface area (Å²) in [4.78, 5) is 6.91. The summed E-state index contributed by atoms with van der Waals surface area (Å²) in [7, 11) is 0. The van der Waals surface area contributed by atoms with Gasteiger partial charge in [0.05, 0.1) is 6.42 Å². The van der Waals surface area contributed by atoms with Gasteiger partial charge in [0.1, 0.15) is 0 Å². The zero-order valence-electron chi connectivity index (χ0n) is 15.8. The van der Waals surface area contributed by atoms with Crippen molar-refractivity contribution < 1.29 is 13.2 Å². The highest BCUT2D eigenvalue weighted by Gasteiger charge is 2.26. The zero-order chi connectivity index (χ0) is 18.8. The molecule has 1 fully saturated rings. The standard InChI is InChI=1S/C19H29F3N4.HI/c1-2-23-18(24-11-10-19(20,21)22)25-14-17-9-13-26(15-17)12-8-16-6-4-3-5-7-16;/h3-7,17H,2,8-15H2,1H3,(H2,23,24,25);1H. The summed E-state index contributed by atoms with van der Waals surface area (Å²) in [6, 6.07) is 10.4. The van der Waals surface area contributed by atoms with E-state index in [1.54, 1.807) is 0 Å². The lowest BCUT2D eigenvalue weighted by molar-refractivity contribution is -0.132. The first-order valence-corrected chi connectivity index (χ1v) is 9.31. The van der Waals surface area contributed by atoms with Gasteiger partial charge in [-0.1, -0.05) is 30.3 Å². The topological polar surface area (TPSA) is 39.7 Å². The molecule has 1 heterocycles. The molecule has 2 rings (SSSR count). The molecule has 1 aromatic rings. The number of halogens is 4. The van der Waals surface area contributed by atoms with Crippen LogP contribution in [0.15, 0.2) is 35.3 Å². The first kappa shape index (κ1) is 24.0. The van der Waals surface area contributed by atoms with Crippen molar-refractivity contribution in [2.75, 3.05) is 39.3 Å². The number of aliphatic imine (C=N–C) groups is 1. The highest BCUT2D eigenvalue weighted by atomic mass is 127. The number of rotatable bonds is 8. The van der Waals surface area contributed by atoms with Crippen molar-refractivity contribution in [3.8, 4) is 0 Å². The van der Waals surface area contributed by atoms with Gasteiger partial charge in [-0.2, -0.15) is 13.2 Å². The van der Waals surface area contributed by atoms with Crippen LogP contribution in [0.4, 0.5) is 13.2 Å². The van der Waals surface area contributed by atoms with Crippen molar-refractivity contribution in [3.05, 3.63) is 35.9 Å². The van der Waals surface area contributed by atoms with Crippen molar-refractivity contribution in [2.45, 2.75) is 32.4 Å². The Bertz CT molecular complexity index is 552. The Kier molecular flexibility index (Phi) is 11.1. The van der Waals surface area contributed by atoms with Gasteiger partial charge < -0.3 is 15.5 Å². The summed E-state index contributed by atoms with van der Waals surface area (Å²) >= 11 is 0. The van der Waals surface area contributed by atoms with E-state index in [1.807, 2.05) is 13.0 Å². The lowest BCUT2D eigenvalue weighted by Gasteiger charge is -2.16. The van der Waals surface area contributed by atoms with E-state index in [1.165, 1.54) is 5.56 Å². The van der Waals surface area contributed by atoms with Gasteiger partial charge in [-0.25, -0.2) is 0 Å². The molecule has 1 atom stereocenters. The molecule has 0 aliphatic carbocycles. The summed E-state index contributed by atoms with van der Waals surface area (Å²) in [6.07, 6.45) is -2.87. The van der Waals surface area contributed by atoms with Crippen LogP contribution < -0.4 is 10.6 Å². The van der Waals surface area contributed by atoms with Crippen LogP contribution in [0.1, 0.15) is 25.3 Å². The summed E-state index contributed by atoms with van der Waals surface area (Å²) in [5.41, 5.74) is 1.34. The number of nitrogens with zero attached hydrogens (tertiary/aromatic N) is 2. The number of guanidine groups is 1. The van der Waals surface area contributed by atoms with Crippen LogP contribution in [0, 0.1) is 5.92 Å². The summed E-state index contributed by atoms with van der Waals surface area (Å²) in [5.74, 6) is 0.934. The van der Waals surface area contributed by atoms with Gasteiger partial charge in [-0.05, 0) is 37.8 Å². The quantitative estimate of drug-likeness (QED) is 0.327. The van der Waals surface area contributed by atoms with Crippen LogP contribution >= 0.6 is 24.0 Å². The Morgan fingerprint density at radius 2 is 1.96 bits per heavy atom. The Labute approximate surface area is 177 Å². The molecular weight excluding hydrogens is 468 g/mol. The van der Waals surface area contributed by atoms with E-state index in [4.69, 9.17) is 0 Å². The number of hydrogen-bond acceptors (Lipinski definition) is 2. The van der Waals surface area contributed by atoms with Crippen molar-refractivity contribution in [1.29, 1.82) is 0 Å². The fourth-order valence-corrected chi connectivity index (χ4v) is 3.08. The number of benzene rings is 1. The van der Waals surface area contributed by atoms with Gasteiger partial charge in [0.15, 0.2) is 5.96 Å². The molecule has 0 amide bonds. The highest BCUT2D eigenvalue weighted by Crippen LogP contribution is 2.18. The van der Waals surface area contributed by atoms with Gasteiger partial charge in [0, 0.05) is 32.7 Å². The molecule has 1 aliphatic heterocycles. The molecule has 8 heteroatoms. The van der Waals surface area contributed by atoms with E-state index in [0.717, 1.165) is 32.5 Å². The van der Waals surface area contributed by atoms with E-state index in [0.29, 0.717) is 25.0 Å². The van der Waals surface area contributed by atoms with Crippen LogP contribution in [0.5, 0.6) is 0 Å². The van der Waals surface area contributed by atoms with Crippen LogP contribution in [-0.2, 0) is 6.42 Å². The number of hydrogen-bond donors (Lipinski definition) is 2. The Hall–Kier alpha value is -1.03. The zero-order valence-corrected chi connectivity index (χ0v) is 18.1. The lowest BCUT2D eigenvalue weighted by atomic mass is 10.1. The molecule has 1 aliphatic rings. The first-order chi connectivity index (χ1) is 12.5. The van der Waals surface area contributed by atoms with E-state index in [9.17, 15) is 13.2 Å². The molecule has 0 saturated carbocycles. The Morgan fingerprint density at radius 1 is 1.22 bits per heavy atom. The fraction of sp³-hybridized carbons (Fsp3) is 0.632. The maximum atomic E-state index is 12.3. The van der Waals surface area contributed by atoms with Crippen molar-refractivity contribution in [1.82, 2.24) is 15.5 Å². The van der Waals surface area contributed by atoms with Gasteiger partial charge in [0.25, 0.3) is 0 Å². The van der Waals surface area contributed by atoms with Crippen molar-refractivity contribution in [3.63, 3.8) is 0 Å². The summed E-state index contributed by atoms with van der Waals surface area (Å²) in [5, 5.41) is 5.77. The predicted octanol–water partition coefficient (Wildman–Crippen LogP) is 3.68. The number of likely N-dealkylation sites (tertiary alicyclic amines) is 1. The largest absolute Gasteiger partial charge is 0.390 e. The van der Waals surface area contributed by atoms with E-state index >= 15 is 0 Å². The molecule has 0 spiro atoms. The highest BCUT2D eigenvalue weighted by molar-refractivity contribution is 14.0. The van der Waals surface area contributed by atoms with Crippen LogP contribution in [0.25, 0.3) is 0 Å². The SMILES string of the molecule is CCNC(=NCC1CCN(CCc2ccccc2)C1)NCCC(F)(F)F.I.